The zero-order chi connectivity index (χ0) is 18.2. The molecule has 3 rings (SSSR count). The number of nitrogens with two attached hydrogens (primary N) is 1. The van der Waals surface area contributed by atoms with Crippen molar-refractivity contribution in [3.8, 4) is 11.5 Å². The van der Waals surface area contributed by atoms with Crippen LogP contribution in [0.25, 0.3) is 0 Å². The van der Waals surface area contributed by atoms with Gasteiger partial charge >= 0.3 is 0 Å². The molecule has 1 aliphatic rings. The molecule has 0 saturated carbocycles. The summed E-state index contributed by atoms with van der Waals surface area (Å²) in [5, 5.41) is 2.86. The molecule has 0 spiro atoms. The number of benzene rings is 2. The highest BCUT2D eigenvalue weighted by molar-refractivity contribution is 6.32. The zero-order valence-electron chi connectivity index (χ0n) is 15.2. The minimum atomic E-state index is 0.380. The van der Waals surface area contributed by atoms with Crippen LogP contribution >= 0.6 is 11.6 Å². The Kier molecular flexibility index (Phi) is 7.18. The van der Waals surface area contributed by atoms with E-state index in [1.165, 1.54) is 6.42 Å². The Hall–Kier alpha value is -1.75. The van der Waals surface area contributed by atoms with E-state index < -0.39 is 0 Å². The lowest BCUT2D eigenvalue weighted by molar-refractivity contribution is -0.676. The van der Waals surface area contributed by atoms with E-state index in [0.29, 0.717) is 35.8 Å². The summed E-state index contributed by atoms with van der Waals surface area (Å²) in [5.74, 6) is 1.32. The molecule has 0 radical (unpaired) electrons. The molecule has 2 aromatic rings. The van der Waals surface area contributed by atoms with Crippen LogP contribution in [0.1, 0.15) is 30.9 Å². The Morgan fingerprint density at radius 2 is 2.00 bits per heavy atom. The van der Waals surface area contributed by atoms with Gasteiger partial charge in [0, 0.05) is 12.2 Å². The van der Waals surface area contributed by atoms with Gasteiger partial charge in [-0.15, -0.1) is 0 Å². The first-order valence-electron chi connectivity index (χ1n) is 9.31. The quantitative estimate of drug-likeness (QED) is 0.727. The molecule has 4 nitrogen and oxygen atoms in total. The maximum Gasteiger partial charge on any atom is 0.180 e. The second-order valence-electron chi connectivity index (χ2n) is 6.48. The minimum absolute atomic E-state index is 0.380. The van der Waals surface area contributed by atoms with Gasteiger partial charge in [0.1, 0.15) is 25.8 Å². The maximum absolute atomic E-state index is 6.50. The number of ether oxygens (including phenoxy) is 3. The maximum atomic E-state index is 6.50. The van der Waals surface area contributed by atoms with Crippen molar-refractivity contribution in [3.05, 3.63) is 58.6 Å². The molecule has 1 fully saturated rings. The summed E-state index contributed by atoms with van der Waals surface area (Å²) in [6, 6.07) is 14.0. The van der Waals surface area contributed by atoms with Crippen molar-refractivity contribution >= 4 is 11.6 Å². The van der Waals surface area contributed by atoms with Crippen LogP contribution in [-0.2, 0) is 17.9 Å². The van der Waals surface area contributed by atoms with Crippen LogP contribution in [0.2, 0.25) is 5.02 Å². The number of quaternary nitrogens is 1. The number of hydrogen-bond donors (Lipinski definition) is 1. The fourth-order valence-electron chi connectivity index (χ4n) is 3.14. The first kappa shape index (κ1) is 19.0. The summed E-state index contributed by atoms with van der Waals surface area (Å²) in [4.78, 5) is 0. The van der Waals surface area contributed by atoms with Crippen molar-refractivity contribution in [2.75, 3.05) is 19.8 Å². The van der Waals surface area contributed by atoms with Gasteiger partial charge in [0.25, 0.3) is 0 Å². The van der Waals surface area contributed by atoms with Crippen molar-refractivity contribution < 1.29 is 19.5 Å². The molecule has 1 atom stereocenters. The fraction of sp³-hybridized carbons (Fsp3) is 0.429. The van der Waals surface area contributed by atoms with Crippen molar-refractivity contribution in [2.24, 2.45) is 0 Å². The third-order valence-electron chi connectivity index (χ3n) is 4.43. The number of rotatable bonds is 9. The molecule has 140 valence electrons. The monoisotopic (exact) mass is 376 g/mol. The van der Waals surface area contributed by atoms with Gasteiger partial charge in [-0.1, -0.05) is 41.9 Å². The van der Waals surface area contributed by atoms with Gasteiger partial charge in [-0.2, -0.15) is 0 Å². The molecule has 0 aromatic heterocycles. The summed E-state index contributed by atoms with van der Waals surface area (Å²) in [6.07, 6.45) is 2.71. The Balaban J connectivity index is 1.64. The molecule has 5 heteroatoms. The fourth-order valence-corrected chi connectivity index (χ4v) is 3.43. The van der Waals surface area contributed by atoms with Crippen LogP contribution in [0.15, 0.2) is 42.5 Å². The van der Waals surface area contributed by atoms with E-state index in [-0.39, 0.29) is 0 Å². The van der Waals surface area contributed by atoms with Crippen LogP contribution in [-0.4, -0.2) is 25.9 Å². The third kappa shape index (κ3) is 5.37. The lowest BCUT2D eigenvalue weighted by Gasteiger charge is -2.15. The molecule has 1 saturated heterocycles. The molecule has 26 heavy (non-hydrogen) atoms. The molecule has 0 bridgehead atoms. The van der Waals surface area contributed by atoms with E-state index in [0.717, 1.165) is 37.2 Å². The van der Waals surface area contributed by atoms with Gasteiger partial charge in [0.05, 0.1) is 11.6 Å². The molecule has 1 heterocycles. The summed E-state index contributed by atoms with van der Waals surface area (Å²) in [6.45, 7) is 5.72. The second-order valence-corrected chi connectivity index (χ2v) is 6.88. The molecule has 1 aliphatic heterocycles. The lowest BCUT2D eigenvalue weighted by Crippen LogP contribution is -2.84. The molecule has 0 unspecified atom stereocenters. The number of hydrogen-bond acceptors (Lipinski definition) is 3. The SMILES string of the molecule is CCOc1cc(C[NH2+]C[C@@H]2CCCO2)cc(Cl)c1OCc1ccccc1. The van der Waals surface area contributed by atoms with Crippen molar-refractivity contribution in [1.82, 2.24) is 0 Å². The first-order valence-corrected chi connectivity index (χ1v) is 9.69. The Morgan fingerprint density at radius 3 is 2.73 bits per heavy atom. The first-order chi connectivity index (χ1) is 12.8. The predicted molar refractivity (Wildman–Crippen MR) is 103 cm³/mol. The van der Waals surface area contributed by atoms with E-state index in [9.17, 15) is 0 Å². The summed E-state index contributed by atoms with van der Waals surface area (Å²) in [7, 11) is 0. The van der Waals surface area contributed by atoms with Gasteiger partial charge in [0.15, 0.2) is 11.5 Å². The highest BCUT2D eigenvalue weighted by Crippen LogP contribution is 2.37. The standard InChI is InChI=1S/C21H26ClNO3/c1-2-24-20-12-17(13-23-14-18-9-6-10-25-18)11-19(22)21(20)26-15-16-7-4-3-5-8-16/h3-5,7-8,11-12,18,23H,2,6,9-10,13-15H2,1H3/p+1/t18-/m0/s1. The molecular formula is C21H27ClNO3+. The molecule has 0 aliphatic carbocycles. The normalized spacial score (nSPS) is 16.6. The van der Waals surface area contributed by atoms with Gasteiger partial charge < -0.3 is 19.5 Å². The topological polar surface area (TPSA) is 44.3 Å². The van der Waals surface area contributed by atoms with Gasteiger partial charge in [-0.25, -0.2) is 0 Å². The van der Waals surface area contributed by atoms with E-state index in [2.05, 4.69) is 5.32 Å². The van der Waals surface area contributed by atoms with Crippen LogP contribution < -0.4 is 14.8 Å². The molecule has 0 amide bonds. The Bertz CT molecular complexity index is 687. The van der Waals surface area contributed by atoms with Crippen LogP contribution in [0.3, 0.4) is 0 Å². The van der Waals surface area contributed by atoms with Crippen molar-refractivity contribution in [3.63, 3.8) is 0 Å². The summed E-state index contributed by atoms with van der Waals surface area (Å²) < 4.78 is 17.4. The van der Waals surface area contributed by atoms with E-state index in [4.69, 9.17) is 25.8 Å². The van der Waals surface area contributed by atoms with Crippen molar-refractivity contribution in [1.29, 1.82) is 0 Å². The van der Waals surface area contributed by atoms with E-state index >= 15 is 0 Å². The predicted octanol–water partition coefficient (Wildman–Crippen LogP) is 3.56. The van der Waals surface area contributed by atoms with Gasteiger partial charge in [-0.3, -0.25) is 0 Å². The average Bonchev–Trinajstić information content (AvgIpc) is 3.16. The largest absolute Gasteiger partial charge is 0.490 e. The zero-order valence-corrected chi connectivity index (χ0v) is 16.0. The van der Waals surface area contributed by atoms with Crippen LogP contribution in [0.4, 0.5) is 0 Å². The third-order valence-corrected chi connectivity index (χ3v) is 4.71. The van der Waals surface area contributed by atoms with Crippen molar-refractivity contribution in [2.45, 2.75) is 39.0 Å². The van der Waals surface area contributed by atoms with E-state index in [1.807, 2.05) is 49.4 Å². The van der Waals surface area contributed by atoms with E-state index in [1.54, 1.807) is 0 Å². The summed E-state index contributed by atoms with van der Waals surface area (Å²) in [5.41, 5.74) is 2.23. The minimum Gasteiger partial charge on any atom is -0.490 e. The van der Waals surface area contributed by atoms with Crippen LogP contribution in [0, 0.1) is 0 Å². The Morgan fingerprint density at radius 1 is 1.15 bits per heavy atom. The molecular weight excluding hydrogens is 350 g/mol. The average molecular weight is 377 g/mol. The van der Waals surface area contributed by atoms with Gasteiger partial charge in [0.2, 0.25) is 0 Å². The molecule has 2 N–H and O–H groups in total. The smallest absolute Gasteiger partial charge is 0.180 e. The molecule has 2 aromatic carbocycles. The van der Waals surface area contributed by atoms with Crippen LogP contribution in [0.5, 0.6) is 11.5 Å². The highest BCUT2D eigenvalue weighted by Gasteiger charge is 2.18. The lowest BCUT2D eigenvalue weighted by atomic mass is 10.2. The second kappa shape index (κ2) is 9.81. The number of halogens is 1. The Labute approximate surface area is 160 Å². The highest BCUT2D eigenvalue weighted by atomic mass is 35.5. The van der Waals surface area contributed by atoms with Gasteiger partial charge in [-0.05, 0) is 37.5 Å². The summed E-state index contributed by atoms with van der Waals surface area (Å²) >= 11 is 6.50.